The van der Waals surface area contributed by atoms with Crippen LogP contribution in [0.2, 0.25) is 0 Å². The number of carbonyl (C=O) groups excluding carboxylic acids is 3. The highest BCUT2D eigenvalue weighted by molar-refractivity contribution is 9.10. The van der Waals surface area contributed by atoms with E-state index in [0.717, 1.165) is 22.2 Å². The van der Waals surface area contributed by atoms with Gasteiger partial charge in [-0.05, 0) is 66.6 Å². The Labute approximate surface area is 161 Å². The fourth-order valence-corrected chi connectivity index (χ4v) is 3.86. The molecule has 3 rings (SSSR count). The van der Waals surface area contributed by atoms with Crippen molar-refractivity contribution in [3.05, 3.63) is 22.8 Å². The van der Waals surface area contributed by atoms with Crippen molar-refractivity contribution in [2.24, 2.45) is 5.92 Å². The Balaban J connectivity index is 1.73. The van der Waals surface area contributed by atoms with Crippen molar-refractivity contribution in [1.29, 1.82) is 0 Å². The van der Waals surface area contributed by atoms with Gasteiger partial charge < -0.3 is 5.32 Å². The molecule has 1 saturated heterocycles. The van der Waals surface area contributed by atoms with Gasteiger partial charge in [0.05, 0.1) is 0 Å². The predicted octanol–water partition coefficient (Wildman–Crippen LogP) is 2.70. The first kappa shape index (κ1) is 18.8. The minimum absolute atomic E-state index is 0.270. The van der Waals surface area contributed by atoms with Crippen molar-refractivity contribution in [2.75, 3.05) is 18.0 Å². The van der Waals surface area contributed by atoms with Gasteiger partial charge in [-0.3, -0.25) is 19.4 Å². The maximum absolute atomic E-state index is 12.9. The van der Waals surface area contributed by atoms with Crippen molar-refractivity contribution in [3.8, 4) is 0 Å². The molecule has 0 radical (unpaired) electrons. The SMILES string of the molecule is CCN(C(=O)CN1C(=O)NC2(CCC(C)CC2)C1=O)c1ccc(Br)cn1. The van der Waals surface area contributed by atoms with Crippen LogP contribution in [0.1, 0.15) is 39.5 Å². The van der Waals surface area contributed by atoms with Crippen LogP contribution in [0.15, 0.2) is 22.8 Å². The van der Waals surface area contributed by atoms with Gasteiger partial charge in [-0.2, -0.15) is 0 Å². The fourth-order valence-electron chi connectivity index (χ4n) is 3.63. The van der Waals surface area contributed by atoms with Crippen molar-refractivity contribution in [3.63, 3.8) is 0 Å². The van der Waals surface area contributed by atoms with Gasteiger partial charge in [-0.25, -0.2) is 9.78 Å². The Bertz CT molecular complexity index is 714. The molecule has 2 aliphatic rings. The van der Waals surface area contributed by atoms with Crippen molar-refractivity contribution < 1.29 is 14.4 Å². The highest BCUT2D eigenvalue weighted by Gasteiger charge is 2.52. The van der Waals surface area contributed by atoms with Gasteiger partial charge in [-0.15, -0.1) is 0 Å². The van der Waals surface area contributed by atoms with E-state index in [2.05, 4.69) is 33.2 Å². The molecule has 8 heteroatoms. The number of anilines is 1. The first-order valence-electron chi connectivity index (χ1n) is 8.92. The molecule has 0 atom stereocenters. The molecule has 1 aliphatic heterocycles. The van der Waals surface area contributed by atoms with Crippen LogP contribution >= 0.6 is 15.9 Å². The van der Waals surface area contributed by atoms with Crippen LogP contribution in [-0.2, 0) is 9.59 Å². The summed E-state index contributed by atoms with van der Waals surface area (Å²) in [5, 5.41) is 2.84. The zero-order valence-corrected chi connectivity index (χ0v) is 16.6. The number of aromatic nitrogens is 1. The molecule has 0 bridgehead atoms. The normalized spacial score (nSPS) is 25.5. The third-order valence-electron chi connectivity index (χ3n) is 5.27. The van der Waals surface area contributed by atoms with Gasteiger partial charge in [0.25, 0.3) is 5.91 Å². The zero-order chi connectivity index (χ0) is 18.9. The fraction of sp³-hybridized carbons (Fsp3) is 0.556. The number of nitrogens with zero attached hydrogens (tertiary/aromatic N) is 3. The number of nitrogens with one attached hydrogen (secondary N) is 1. The number of pyridine rings is 1. The maximum atomic E-state index is 12.9. The molecule has 2 heterocycles. The van der Waals surface area contributed by atoms with Gasteiger partial charge in [0.1, 0.15) is 17.9 Å². The molecule has 1 saturated carbocycles. The van der Waals surface area contributed by atoms with E-state index in [1.54, 1.807) is 18.3 Å². The number of halogens is 1. The molecule has 0 aromatic carbocycles. The quantitative estimate of drug-likeness (QED) is 0.755. The summed E-state index contributed by atoms with van der Waals surface area (Å²) >= 11 is 3.31. The van der Waals surface area contributed by atoms with E-state index in [1.165, 1.54) is 4.90 Å². The summed E-state index contributed by atoms with van der Waals surface area (Å²) < 4.78 is 0.812. The van der Waals surface area contributed by atoms with Gasteiger partial charge in [0, 0.05) is 17.2 Å². The van der Waals surface area contributed by atoms with Gasteiger partial charge in [0.15, 0.2) is 0 Å². The second-order valence-corrected chi connectivity index (χ2v) is 7.97. The molecule has 4 amide bonds. The number of carbonyl (C=O) groups is 3. The molecular weight excluding hydrogens is 400 g/mol. The number of urea groups is 1. The van der Waals surface area contributed by atoms with Crippen LogP contribution in [0.4, 0.5) is 10.6 Å². The second-order valence-electron chi connectivity index (χ2n) is 7.06. The van der Waals surface area contributed by atoms with E-state index in [9.17, 15) is 14.4 Å². The number of rotatable bonds is 4. The molecular formula is C18H23BrN4O3. The first-order chi connectivity index (χ1) is 12.4. The van der Waals surface area contributed by atoms with Crippen LogP contribution in [0.5, 0.6) is 0 Å². The van der Waals surface area contributed by atoms with Crippen molar-refractivity contribution in [1.82, 2.24) is 15.2 Å². The lowest BCUT2D eigenvalue weighted by atomic mass is 9.77. The van der Waals surface area contributed by atoms with Gasteiger partial charge >= 0.3 is 6.03 Å². The van der Waals surface area contributed by atoms with Gasteiger partial charge in [0.2, 0.25) is 5.91 Å². The van der Waals surface area contributed by atoms with Crippen LogP contribution < -0.4 is 10.2 Å². The van der Waals surface area contributed by atoms with Crippen molar-refractivity contribution in [2.45, 2.75) is 45.1 Å². The Morgan fingerprint density at radius 2 is 2.08 bits per heavy atom. The molecule has 26 heavy (non-hydrogen) atoms. The van der Waals surface area contributed by atoms with E-state index in [-0.39, 0.29) is 18.4 Å². The van der Waals surface area contributed by atoms with E-state index < -0.39 is 11.6 Å². The lowest BCUT2D eigenvalue weighted by Crippen LogP contribution is -2.50. The highest BCUT2D eigenvalue weighted by Crippen LogP contribution is 2.36. The summed E-state index contributed by atoms with van der Waals surface area (Å²) in [5.74, 6) is 0.448. The summed E-state index contributed by atoms with van der Waals surface area (Å²) in [6, 6.07) is 3.05. The summed E-state index contributed by atoms with van der Waals surface area (Å²) in [6.07, 6.45) is 4.68. The smallest absolute Gasteiger partial charge is 0.323 e. The minimum atomic E-state index is -0.823. The first-order valence-corrected chi connectivity index (χ1v) is 9.71. The van der Waals surface area contributed by atoms with Crippen LogP contribution in [0.25, 0.3) is 0 Å². The second kappa shape index (κ2) is 7.34. The van der Waals surface area contributed by atoms with E-state index in [4.69, 9.17) is 0 Å². The molecule has 7 nitrogen and oxygen atoms in total. The molecule has 1 aromatic rings. The summed E-state index contributed by atoms with van der Waals surface area (Å²) in [7, 11) is 0. The number of imide groups is 1. The number of hydrogen-bond donors (Lipinski definition) is 1. The number of hydrogen-bond acceptors (Lipinski definition) is 4. The lowest BCUT2D eigenvalue weighted by Gasteiger charge is -2.33. The summed E-state index contributed by atoms with van der Waals surface area (Å²) in [4.78, 5) is 44.7. The monoisotopic (exact) mass is 422 g/mol. The summed E-state index contributed by atoms with van der Waals surface area (Å²) in [6.45, 7) is 4.12. The molecule has 2 fully saturated rings. The van der Waals surface area contributed by atoms with Crippen LogP contribution in [0, 0.1) is 5.92 Å². The topological polar surface area (TPSA) is 82.6 Å². The standard InChI is InChI=1S/C18H23BrN4O3/c1-3-22(14-5-4-13(19)10-20-14)15(24)11-23-16(25)18(21-17(23)26)8-6-12(2)7-9-18/h4-5,10,12H,3,6-9,11H2,1-2H3,(H,21,26). The molecule has 1 N–H and O–H groups in total. The highest BCUT2D eigenvalue weighted by atomic mass is 79.9. The maximum Gasteiger partial charge on any atom is 0.325 e. The lowest BCUT2D eigenvalue weighted by molar-refractivity contribution is -0.135. The third kappa shape index (κ3) is 3.47. The number of amides is 4. The Hall–Kier alpha value is -1.96. The molecule has 0 unspecified atom stereocenters. The Morgan fingerprint density at radius 1 is 1.38 bits per heavy atom. The Morgan fingerprint density at radius 3 is 2.65 bits per heavy atom. The van der Waals surface area contributed by atoms with Gasteiger partial charge in [-0.1, -0.05) is 6.92 Å². The van der Waals surface area contributed by atoms with E-state index in [1.807, 2.05) is 6.92 Å². The summed E-state index contributed by atoms with van der Waals surface area (Å²) in [5.41, 5.74) is -0.823. The van der Waals surface area contributed by atoms with Crippen LogP contribution in [0.3, 0.4) is 0 Å². The van der Waals surface area contributed by atoms with Crippen molar-refractivity contribution >= 4 is 39.6 Å². The molecule has 140 valence electrons. The largest absolute Gasteiger partial charge is 0.325 e. The zero-order valence-electron chi connectivity index (χ0n) is 15.0. The molecule has 1 aliphatic carbocycles. The Kier molecular flexibility index (Phi) is 5.32. The number of likely N-dealkylation sites (N-methyl/N-ethyl adjacent to an activating group) is 1. The predicted molar refractivity (Wildman–Crippen MR) is 101 cm³/mol. The van der Waals surface area contributed by atoms with Crippen LogP contribution in [-0.4, -0.2) is 46.4 Å². The molecule has 1 spiro atoms. The molecule has 1 aromatic heterocycles. The van der Waals surface area contributed by atoms with E-state index >= 15 is 0 Å². The van der Waals surface area contributed by atoms with E-state index in [0.29, 0.717) is 31.1 Å². The minimum Gasteiger partial charge on any atom is -0.323 e. The average molecular weight is 423 g/mol. The average Bonchev–Trinajstić information content (AvgIpc) is 2.84. The third-order valence-corrected chi connectivity index (χ3v) is 5.74.